The Hall–Kier alpha value is -1.41. The number of ketones is 2. The molecular formula is C22H27FO6. The number of hydrogen-bond donors (Lipinski definition) is 2. The molecule has 0 aromatic carbocycles. The molecule has 4 aliphatic carbocycles. The van der Waals surface area contributed by atoms with E-state index in [1.54, 1.807) is 13.0 Å². The van der Waals surface area contributed by atoms with Crippen molar-refractivity contribution in [3.05, 3.63) is 23.8 Å². The molecule has 4 fully saturated rings. The molecule has 0 amide bonds. The van der Waals surface area contributed by atoms with Crippen LogP contribution in [0.2, 0.25) is 0 Å². The van der Waals surface area contributed by atoms with E-state index in [2.05, 4.69) is 0 Å². The molecule has 0 aromatic rings. The number of Topliss-reactive ketones (excluding diaryl/α,β-unsaturated/α-hetero) is 1. The Kier molecular flexibility index (Phi) is 3.94. The van der Waals surface area contributed by atoms with E-state index in [0.717, 1.165) is 5.57 Å². The van der Waals surface area contributed by atoms with Crippen LogP contribution in [0.5, 0.6) is 0 Å². The van der Waals surface area contributed by atoms with E-state index >= 15 is 4.39 Å². The Morgan fingerprint density at radius 1 is 1.34 bits per heavy atom. The topological polar surface area (TPSA) is 93.1 Å². The smallest absolute Gasteiger partial charge is 0.193 e. The number of carbonyl (C=O) groups is 2. The SMILES string of the molecule is C[C@]12C=CC(=O)C=C1CC[C@H]1[C@@H]3C[C@H]4OCO[C@@]4(C(=O)CO)[C@@]3(C)C[C@H](O)[C@@]12F. The van der Waals surface area contributed by atoms with Gasteiger partial charge >= 0.3 is 0 Å². The average Bonchev–Trinajstić information content (AvgIpc) is 3.20. The highest BCUT2D eigenvalue weighted by atomic mass is 19.1. The summed E-state index contributed by atoms with van der Waals surface area (Å²) in [7, 11) is 0. The number of aliphatic hydroxyl groups is 2. The van der Waals surface area contributed by atoms with Gasteiger partial charge in [-0.25, -0.2) is 4.39 Å². The number of alkyl halides is 1. The van der Waals surface area contributed by atoms with Crippen LogP contribution in [0.1, 0.15) is 39.5 Å². The molecule has 0 unspecified atom stereocenters. The fourth-order valence-corrected chi connectivity index (χ4v) is 7.53. The first-order chi connectivity index (χ1) is 13.6. The van der Waals surface area contributed by atoms with Gasteiger partial charge in [0.2, 0.25) is 0 Å². The van der Waals surface area contributed by atoms with E-state index in [0.29, 0.717) is 19.3 Å². The van der Waals surface area contributed by atoms with Crippen molar-refractivity contribution in [2.45, 2.75) is 63.0 Å². The predicted octanol–water partition coefficient (Wildman–Crippen LogP) is 1.64. The molecule has 29 heavy (non-hydrogen) atoms. The van der Waals surface area contributed by atoms with Crippen molar-refractivity contribution < 1.29 is 33.7 Å². The number of rotatable bonds is 2. The maximum atomic E-state index is 17.0. The van der Waals surface area contributed by atoms with Crippen LogP contribution < -0.4 is 0 Å². The first kappa shape index (κ1) is 19.5. The van der Waals surface area contributed by atoms with E-state index in [1.165, 1.54) is 12.2 Å². The summed E-state index contributed by atoms with van der Waals surface area (Å²) in [5.41, 5.74) is -4.51. The second-order valence-electron chi connectivity index (χ2n) is 9.73. The second kappa shape index (κ2) is 5.84. The molecule has 8 atom stereocenters. The van der Waals surface area contributed by atoms with Gasteiger partial charge in [-0.15, -0.1) is 0 Å². The highest BCUT2D eigenvalue weighted by molar-refractivity contribution is 6.01. The maximum Gasteiger partial charge on any atom is 0.193 e. The Bertz CT molecular complexity index is 852. The van der Waals surface area contributed by atoms with Crippen molar-refractivity contribution >= 4 is 11.6 Å². The van der Waals surface area contributed by atoms with Crippen LogP contribution in [0.4, 0.5) is 4.39 Å². The van der Waals surface area contributed by atoms with Crippen LogP contribution >= 0.6 is 0 Å². The molecule has 1 heterocycles. The van der Waals surface area contributed by atoms with Gasteiger partial charge in [0, 0.05) is 16.7 Å². The van der Waals surface area contributed by atoms with Gasteiger partial charge in [0.1, 0.15) is 13.4 Å². The Morgan fingerprint density at radius 3 is 2.83 bits per heavy atom. The molecule has 0 bridgehead atoms. The van der Waals surface area contributed by atoms with Gasteiger partial charge in [-0.3, -0.25) is 9.59 Å². The molecule has 158 valence electrons. The first-order valence-corrected chi connectivity index (χ1v) is 10.4. The van der Waals surface area contributed by atoms with Crippen LogP contribution in [0.15, 0.2) is 23.8 Å². The molecule has 5 rings (SSSR count). The Morgan fingerprint density at radius 2 is 2.10 bits per heavy atom. The number of allylic oxidation sites excluding steroid dienone is 4. The minimum atomic E-state index is -1.96. The van der Waals surface area contributed by atoms with Crippen molar-refractivity contribution in [2.75, 3.05) is 13.4 Å². The minimum absolute atomic E-state index is 0.0287. The van der Waals surface area contributed by atoms with Crippen molar-refractivity contribution in [2.24, 2.45) is 22.7 Å². The number of halogens is 1. The summed E-state index contributed by atoms with van der Waals surface area (Å²) < 4.78 is 28.6. The Balaban J connectivity index is 1.63. The monoisotopic (exact) mass is 406 g/mol. The van der Waals surface area contributed by atoms with Crippen molar-refractivity contribution in [3.8, 4) is 0 Å². The van der Waals surface area contributed by atoms with Crippen molar-refractivity contribution in [1.29, 1.82) is 0 Å². The summed E-state index contributed by atoms with van der Waals surface area (Å²) in [6, 6.07) is 0. The molecule has 1 saturated heterocycles. The molecule has 2 N–H and O–H groups in total. The lowest BCUT2D eigenvalue weighted by Gasteiger charge is -2.62. The zero-order valence-corrected chi connectivity index (χ0v) is 16.7. The van der Waals surface area contributed by atoms with Gasteiger partial charge in [0.25, 0.3) is 0 Å². The lowest BCUT2D eigenvalue weighted by molar-refractivity contribution is -0.222. The molecule has 0 spiro atoms. The molecule has 0 aromatic heterocycles. The molecule has 3 saturated carbocycles. The van der Waals surface area contributed by atoms with Crippen molar-refractivity contribution in [1.82, 2.24) is 0 Å². The molecule has 1 aliphatic heterocycles. The highest BCUT2D eigenvalue weighted by Gasteiger charge is 2.78. The largest absolute Gasteiger partial charge is 0.390 e. The van der Waals surface area contributed by atoms with Gasteiger partial charge < -0.3 is 19.7 Å². The van der Waals surface area contributed by atoms with Gasteiger partial charge in [-0.05, 0) is 50.7 Å². The normalized spacial score (nSPS) is 53.0. The van der Waals surface area contributed by atoms with Crippen LogP contribution in [-0.4, -0.2) is 58.7 Å². The van der Waals surface area contributed by atoms with Crippen molar-refractivity contribution in [3.63, 3.8) is 0 Å². The molecule has 5 aliphatic rings. The molecule has 7 heteroatoms. The molecular weight excluding hydrogens is 379 g/mol. The second-order valence-corrected chi connectivity index (χ2v) is 9.73. The van der Waals surface area contributed by atoms with Gasteiger partial charge in [0.15, 0.2) is 22.8 Å². The standard InChI is InChI=1S/C22H27FO6/c1-19-6-5-13(25)7-12(19)3-4-14-15-8-18-22(17(27)10-24,29-11-28-18)20(15,2)9-16(26)21(14,19)23/h5-7,14-16,18,24,26H,3-4,8-11H2,1-2H3/t14-,15-,16-,18+,19-,20-,21-,22+/m0/s1. The number of hydrogen-bond acceptors (Lipinski definition) is 6. The van der Waals surface area contributed by atoms with E-state index in [1.807, 2.05) is 6.92 Å². The van der Waals surface area contributed by atoms with Crippen LogP contribution in [0.3, 0.4) is 0 Å². The average molecular weight is 406 g/mol. The fourth-order valence-electron chi connectivity index (χ4n) is 7.53. The third kappa shape index (κ3) is 2.00. The highest BCUT2D eigenvalue weighted by Crippen LogP contribution is 2.71. The maximum absolute atomic E-state index is 17.0. The minimum Gasteiger partial charge on any atom is -0.390 e. The van der Waals surface area contributed by atoms with E-state index in [-0.39, 0.29) is 24.9 Å². The summed E-state index contributed by atoms with van der Waals surface area (Å²) >= 11 is 0. The summed E-state index contributed by atoms with van der Waals surface area (Å²) in [6.45, 7) is 2.91. The number of carbonyl (C=O) groups excluding carboxylic acids is 2. The molecule has 6 nitrogen and oxygen atoms in total. The van der Waals surface area contributed by atoms with E-state index in [9.17, 15) is 19.8 Å². The lowest BCUT2D eigenvalue weighted by atomic mass is 9.44. The van der Waals surface area contributed by atoms with Crippen LogP contribution in [-0.2, 0) is 19.1 Å². The zero-order valence-electron chi connectivity index (χ0n) is 16.7. The third-order valence-corrected chi connectivity index (χ3v) is 8.91. The van der Waals surface area contributed by atoms with Gasteiger partial charge in [-0.2, -0.15) is 0 Å². The Labute approximate surface area is 168 Å². The number of fused-ring (bicyclic) bond motifs is 7. The first-order valence-electron chi connectivity index (χ1n) is 10.4. The van der Waals surface area contributed by atoms with Gasteiger partial charge in [0.05, 0.1) is 12.2 Å². The van der Waals surface area contributed by atoms with Crippen LogP contribution in [0, 0.1) is 22.7 Å². The molecule has 0 radical (unpaired) electrons. The van der Waals surface area contributed by atoms with E-state index in [4.69, 9.17) is 9.47 Å². The van der Waals surface area contributed by atoms with Crippen LogP contribution in [0.25, 0.3) is 0 Å². The quantitative estimate of drug-likeness (QED) is 0.724. The van der Waals surface area contributed by atoms with E-state index < -0.39 is 52.6 Å². The predicted molar refractivity (Wildman–Crippen MR) is 99.4 cm³/mol. The summed E-state index contributed by atoms with van der Waals surface area (Å²) in [4.78, 5) is 24.7. The summed E-state index contributed by atoms with van der Waals surface area (Å²) in [5.74, 6) is -1.38. The number of ether oxygens (including phenoxy) is 2. The van der Waals surface area contributed by atoms with Gasteiger partial charge in [-0.1, -0.05) is 18.6 Å². The number of aliphatic hydroxyl groups excluding tert-OH is 2. The summed E-state index contributed by atoms with van der Waals surface area (Å²) in [6.07, 6.45) is 4.13. The zero-order chi connectivity index (χ0) is 20.8. The lowest BCUT2D eigenvalue weighted by Crippen LogP contribution is -2.69. The third-order valence-electron chi connectivity index (χ3n) is 8.91. The summed E-state index contributed by atoms with van der Waals surface area (Å²) in [5, 5.41) is 20.9. The fraction of sp³-hybridized carbons (Fsp3) is 0.727.